The average molecular weight is 428 g/mol. The Bertz CT molecular complexity index is 322. The third-order valence-electron chi connectivity index (χ3n) is 3.52. The first-order valence-corrected chi connectivity index (χ1v) is 15.7. The highest BCUT2D eigenvalue weighted by Crippen LogP contribution is 2.48. The third kappa shape index (κ3) is 18.2. The van der Waals surface area contributed by atoms with E-state index in [2.05, 4.69) is 72.5 Å². The van der Waals surface area contributed by atoms with Crippen molar-refractivity contribution in [2.45, 2.75) is 51.6 Å². The maximum absolute atomic E-state index is 5.71. The molecule has 0 amide bonds. The highest BCUT2D eigenvalue weighted by Gasteiger charge is 2.29. The summed E-state index contributed by atoms with van der Waals surface area (Å²) in [5.41, 5.74) is -0.00870. The van der Waals surface area contributed by atoms with Gasteiger partial charge in [-0.25, -0.2) is 4.84 Å². The van der Waals surface area contributed by atoms with E-state index in [-0.39, 0.29) is 11.1 Å². The molecule has 0 spiro atoms. The summed E-state index contributed by atoms with van der Waals surface area (Å²) in [5, 5.41) is 0. The summed E-state index contributed by atoms with van der Waals surface area (Å²) in [6.45, 7) is 22.4. The second kappa shape index (κ2) is 10.7. The molecule has 0 atom stereocenters. The van der Waals surface area contributed by atoms with Crippen LogP contribution in [0.2, 0.25) is 0 Å². The molecule has 0 aromatic heterocycles. The van der Waals surface area contributed by atoms with E-state index in [1.165, 1.54) is 16.3 Å². The van der Waals surface area contributed by atoms with Gasteiger partial charge in [0.15, 0.2) is 0 Å². The maximum Gasteiger partial charge on any atom is 0.0604 e. The summed E-state index contributed by atoms with van der Waals surface area (Å²) < 4.78 is 1.27. The van der Waals surface area contributed by atoms with E-state index in [0.717, 1.165) is 12.8 Å². The minimum Gasteiger partial charge on any atom is -0.228 e. The molecule has 0 fully saturated rings. The normalized spacial score (nSPS) is 13.8. The molecule has 0 aliphatic carbocycles. The molecule has 0 rings (SSSR count). The lowest BCUT2D eigenvalue weighted by Crippen LogP contribution is -2.33. The van der Waals surface area contributed by atoms with Gasteiger partial charge in [-0.15, -0.1) is 3.94 Å². The molecule has 142 valence electrons. The molecule has 2 nitrogen and oxygen atoms in total. The maximum atomic E-state index is 5.71. The minimum atomic E-state index is -0.696. The van der Waals surface area contributed by atoms with Gasteiger partial charge in [0.25, 0.3) is 0 Å². The van der Waals surface area contributed by atoms with Gasteiger partial charge in [-0.3, -0.25) is 0 Å². The summed E-state index contributed by atoms with van der Waals surface area (Å²) >= 11 is 17.0. The van der Waals surface area contributed by atoms with Crippen LogP contribution < -0.4 is 4.84 Å². The summed E-state index contributed by atoms with van der Waals surface area (Å²) in [5.74, 6) is 0. The molecule has 0 aliphatic rings. The first kappa shape index (κ1) is 26.9. The van der Waals surface area contributed by atoms with Crippen molar-refractivity contribution in [1.82, 2.24) is 8.77 Å². The molecule has 7 heteroatoms. The average Bonchev–Trinajstić information content (AvgIpc) is 2.33. The standard InChI is InChI=1S/C8H19Cl2NP.C8H20ClNP/c1-8(2,11(9)10)6-7-12(3,4)5;1-8(2,10-9)6-7-11(3,4)5/h6-7H2,1-5H3;10H,6-7H2,1-5H3/q2*+1. The zero-order chi connectivity index (χ0) is 19.1. The fourth-order valence-electron chi connectivity index (χ4n) is 1.36. The van der Waals surface area contributed by atoms with Crippen LogP contribution in [-0.4, -0.2) is 67.3 Å². The smallest absolute Gasteiger partial charge is 0.0604 e. The van der Waals surface area contributed by atoms with Crippen molar-refractivity contribution in [2.75, 3.05) is 52.3 Å². The zero-order valence-corrected chi connectivity index (χ0v) is 20.9. The van der Waals surface area contributed by atoms with E-state index in [0.29, 0.717) is 0 Å². The van der Waals surface area contributed by atoms with Crippen LogP contribution in [0, 0.1) is 0 Å². The SMILES string of the molecule is CC(C)(CC[P+](C)(C)C)N(Cl)Cl.CC(C)(CC[P+](C)(C)C)NCl. The predicted octanol–water partition coefficient (Wildman–Crippen LogP) is 6.48. The largest absolute Gasteiger partial charge is 0.228 e. The van der Waals surface area contributed by atoms with E-state index in [9.17, 15) is 0 Å². The van der Waals surface area contributed by atoms with Gasteiger partial charge in [-0.05, 0) is 69.4 Å². The van der Waals surface area contributed by atoms with Gasteiger partial charge >= 0.3 is 0 Å². The van der Waals surface area contributed by atoms with Crippen molar-refractivity contribution in [1.29, 1.82) is 0 Å². The van der Waals surface area contributed by atoms with Gasteiger partial charge in [0.05, 0.1) is 17.9 Å². The molecule has 0 heterocycles. The first-order chi connectivity index (χ1) is 9.92. The van der Waals surface area contributed by atoms with Gasteiger partial charge in [0.1, 0.15) is 0 Å². The van der Waals surface area contributed by atoms with Crippen LogP contribution in [0.3, 0.4) is 0 Å². The Hall–Kier alpha value is 1.65. The molecule has 0 bridgehead atoms. The van der Waals surface area contributed by atoms with Crippen LogP contribution in [-0.2, 0) is 0 Å². The van der Waals surface area contributed by atoms with Crippen molar-refractivity contribution in [3.05, 3.63) is 0 Å². The number of nitrogens with one attached hydrogen (secondary N) is 1. The highest BCUT2D eigenvalue weighted by atomic mass is 35.5. The topological polar surface area (TPSA) is 15.3 Å². The van der Waals surface area contributed by atoms with Gasteiger partial charge in [-0.2, -0.15) is 0 Å². The molecule has 0 aliphatic heterocycles. The van der Waals surface area contributed by atoms with E-state index in [1.54, 1.807) is 0 Å². The fraction of sp³-hybridized carbons (Fsp3) is 1.00. The van der Waals surface area contributed by atoms with Gasteiger partial charge in [0, 0.05) is 66.5 Å². The Morgan fingerprint density at radius 3 is 1.39 bits per heavy atom. The number of nitrogens with zero attached hydrogens (tertiary/aromatic N) is 1. The summed E-state index contributed by atoms with van der Waals surface area (Å²) in [6.07, 6.45) is 4.75. The van der Waals surface area contributed by atoms with Crippen molar-refractivity contribution < 1.29 is 0 Å². The molecule has 0 saturated heterocycles. The monoisotopic (exact) mass is 426 g/mol. The van der Waals surface area contributed by atoms with E-state index in [1.807, 2.05) is 0 Å². The van der Waals surface area contributed by atoms with Crippen molar-refractivity contribution >= 4 is 49.9 Å². The summed E-state index contributed by atoms with van der Waals surface area (Å²) in [7, 11) is -1.32. The van der Waals surface area contributed by atoms with Crippen LogP contribution in [0.1, 0.15) is 40.5 Å². The highest BCUT2D eigenvalue weighted by molar-refractivity contribution is 7.74. The van der Waals surface area contributed by atoms with Crippen LogP contribution in [0.25, 0.3) is 0 Å². The number of halogens is 3. The summed E-state index contributed by atoms with van der Waals surface area (Å²) in [6, 6.07) is 0. The van der Waals surface area contributed by atoms with Gasteiger partial charge in [-0.1, -0.05) is 0 Å². The molecule has 0 saturated carbocycles. The Balaban J connectivity index is 0. The second-order valence-electron chi connectivity index (χ2n) is 9.55. The molecular formula is C16H39Cl3N2P2+2. The number of hydrogen-bond acceptors (Lipinski definition) is 2. The second-order valence-corrected chi connectivity index (χ2v) is 20.6. The van der Waals surface area contributed by atoms with E-state index >= 15 is 0 Å². The molecule has 0 aromatic rings. The molecular weight excluding hydrogens is 388 g/mol. The molecule has 0 radical (unpaired) electrons. The van der Waals surface area contributed by atoms with Gasteiger partial charge < -0.3 is 0 Å². The van der Waals surface area contributed by atoms with Crippen molar-refractivity contribution in [3.63, 3.8) is 0 Å². The van der Waals surface area contributed by atoms with Crippen LogP contribution in [0.4, 0.5) is 0 Å². The number of hydrogen-bond donors (Lipinski definition) is 1. The van der Waals surface area contributed by atoms with Crippen LogP contribution in [0.5, 0.6) is 0 Å². The predicted molar refractivity (Wildman–Crippen MR) is 119 cm³/mol. The van der Waals surface area contributed by atoms with E-state index < -0.39 is 14.5 Å². The van der Waals surface area contributed by atoms with Crippen molar-refractivity contribution in [3.8, 4) is 0 Å². The Labute approximate surface area is 162 Å². The van der Waals surface area contributed by atoms with Crippen LogP contribution in [0.15, 0.2) is 0 Å². The lowest BCUT2D eigenvalue weighted by atomic mass is 10.0. The molecule has 1 N–H and O–H groups in total. The minimum absolute atomic E-state index is 0.0921. The molecule has 23 heavy (non-hydrogen) atoms. The number of rotatable bonds is 8. The fourth-order valence-corrected chi connectivity index (χ4v) is 4.07. The molecule has 0 unspecified atom stereocenters. The first-order valence-electron chi connectivity index (χ1n) is 8.02. The molecule has 0 aromatic carbocycles. The quantitative estimate of drug-likeness (QED) is 0.352. The zero-order valence-electron chi connectivity index (χ0n) is 16.8. The Kier molecular flexibility index (Phi) is 12.5. The lowest BCUT2D eigenvalue weighted by molar-refractivity contribution is 0.342. The Morgan fingerprint density at radius 1 is 0.783 bits per heavy atom. The summed E-state index contributed by atoms with van der Waals surface area (Å²) in [4.78, 5) is 2.80. The third-order valence-corrected chi connectivity index (χ3v) is 8.07. The Morgan fingerprint density at radius 2 is 1.13 bits per heavy atom. The van der Waals surface area contributed by atoms with Gasteiger partial charge in [0.2, 0.25) is 0 Å². The van der Waals surface area contributed by atoms with E-state index in [4.69, 9.17) is 35.3 Å². The lowest BCUT2D eigenvalue weighted by Gasteiger charge is -2.28. The van der Waals surface area contributed by atoms with Crippen molar-refractivity contribution in [2.24, 2.45) is 0 Å². The van der Waals surface area contributed by atoms with Crippen LogP contribution >= 0.6 is 49.9 Å².